The van der Waals surface area contributed by atoms with Crippen LogP contribution in [-0.4, -0.2) is 57.6 Å². The number of anilines is 1. The molecule has 29 heavy (non-hydrogen) atoms. The molecule has 0 unspecified atom stereocenters. The van der Waals surface area contributed by atoms with E-state index in [9.17, 15) is 13.2 Å². The molecule has 0 N–H and O–H groups in total. The molecule has 0 fully saturated rings. The van der Waals surface area contributed by atoms with Crippen molar-refractivity contribution in [1.29, 1.82) is 0 Å². The minimum Gasteiger partial charge on any atom is -0.308 e. The summed E-state index contributed by atoms with van der Waals surface area (Å²) in [6, 6.07) is 12.4. The van der Waals surface area contributed by atoms with Crippen LogP contribution in [0.15, 0.2) is 47.4 Å². The van der Waals surface area contributed by atoms with Crippen molar-refractivity contribution in [3.05, 3.63) is 53.6 Å². The minimum atomic E-state index is -3.53. The van der Waals surface area contributed by atoms with Crippen LogP contribution in [0, 0.1) is 0 Å². The van der Waals surface area contributed by atoms with Gasteiger partial charge in [-0.2, -0.15) is 0 Å². The molecule has 0 aliphatic carbocycles. The predicted molar refractivity (Wildman–Crippen MR) is 119 cm³/mol. The maximum Gasteiger partial charge on any atom is 0.261 e. The Kier molecular flexibility index (Phi) is 6.36. The van der Waals surface area contributed by atoms with Gasteiger partial charge in [-0.05, 0) is 50.3 Å². The lowest BCUT2D eigenvalue weighted by Crippen LogP contribution is -2.37. The van der Waals surface area contributed by atoms with Gasteiger partial charge in [-0.3, -0.25) is 9.69 Å². The molecule has 0 saturated carbocycles. The SMILES string of the molecule is CCc1ccc2nc(N(CCN(C)C)C(=O)c3ccccc3S(C)(=O)=O)sc2c1. The second-order valence-electron chi connectivity index (χ2n) is 7.18. The number of fused-ring (bicyclic) bond motifs is 1. The first kappa shape index (κ1) is 21.4. The molecular formula is C21H25N3O3S2. The maximum absolute atomic E-state index is 13.4. The Hall–Kier alpha value is -2.29. The number of aryl methyl sites for hydroxylation is 1. The summed E-state index contributed by atoms with van der Waals surface area (Å²) in [5, 5.41) is 0.573. The van der Waals surface area contributed by atoms with Crippen molar-refractivity contribution < 1.29 is 13.2 Å². The zero-order valence-electron chi connectivity index (χ0n) is 17.0. The van der Waals surface area contributed by atoms with E-state index in [0.717, 1.165) is 22.9 Å². The van der Waals surface area contributed by atoms with Crippen LogP contribution in [0.3, 0.4) is 0 Å². The van der Waals surface area contributed by atoms with Gasteiger partial charge in [-0.15, -0.1) is 0 Å². The number of rotatable bonds is 7. The van der Waals surface area contributed by atoms with Gasteiger partial charge in [-0.25, -0.2) is 13.4 Å². The number of hydrogen-bond acceptors (Lipinski definition) is 6. The van der Waals surface area contributed by atoms with Gasteiger partial charge in [0.05, 0.1) is 20.7 Å². The van der Waals surface area contributed by atoms with Crippen LogP contribution in [0.5, 0.6) is 0 Å². The molecule has 8 heteroatoms. The van der Waals surface area contributed by atoms with Crippen molar-refractivity contribution >= 4 is 42.4 Å². The zero-order chi connectivity index (χ0) is 21.2. The molecule has 0 bridgehead atoms. The predicted octanol–water partition coefficient (Wildman–Crippen LogP) is 3.47. The summed E-state index contributed by atoms with van der Waals surface area (Å²) in [6.07, 6.45) is 2.04. The Morgan fingerprint density at radius 3 is 2.48 bits per heavy atom. The number of carbonyl (C=O) groups is 1. The molecule has 1 amide bonds. The molecular weight excluding hydrogens is 406 g/mol. The lowest BCUT2D eigenvalue weighted by molar-refractivity contribution is 0.0982. The second kappa shape index (κ2) is 8.61. The van der Waals surface area contributed by atoms with Gasteiger partial charge in [0, 0.05) is 19.3 Å². The molecule has 0 atom stereocenters. The first-order valence-corrected chi connectivity index (χ1v) is 12.1. The van der Waals surface area contributed by atoms with E-state index in [1.807, 2.05) is 31.1 Å². The van der Waals surface area contributed by atoms with Crippen LogP contribution in [0.25, 0.3) is 10.2 Å². The molecule has 0 aliphatic heterocycles. The third-order valence-corrected chi connectivity index (χ3v) is 6.81. The normalized spacial score (nSPS) is 11.9. The highest BCUT2D eigenvalue weighted by atomic mass is 32.2. The molecule has 0 saturated heterocycles. The van der Waals surface area contributed by atoms with Crippen LogP contribution in [0.1, 0.15) is 22.8 Å². The van der Waals surface area contributed by atoms with E-state index in [-0.39, 0.29) is 16.4 Å². The number of hydrogen-bond donors (Lipinski definition) is 0. The first-order valence-electron chi connectivity index (χ1n) is 9.36. The van der Waals surface area contributed by atoms with E-state index in [1.165, 1.54) is 23.0 Å². The number of amides is 1. The third-order valence-electron chi connectivity index (χ3n) is 4.61. The standard InChI is InChI=1S/C21H25N3O3S2/c1-5-15-10-11-17-18(14-15)28-21(22-17)24(13-12-23(2)3)20(25)16-8-6-7-9-19(16)29(4,26)27/h6-11,14H,5,12-13H2,1-4H3. The maximum atomic E-state index is 13.4. The van der Waals surface area contributed by atoms with Gasteiger partial charge in [-0.1, -0.05) is 36.5 Å². The molecule has 2 aromatic carbocycles. The summed E-state index contributed by atoms with van der Waals surface area (Å²) in [5.74, 6) is -0.359. The fourth-order valence-corrected chi connectivity index (χ4v) is 4.92. The molecule has 1 heterocycles. The summed E-state index contributed by atoms with van der Waals surface area (Å²) in [6.45, 7) is 3.13. The average molecular weight is 432 g/mol. The summed E-state index contributed by atoms with van der Waals surface area (Å²) in [7, 11) is 0.325. The number of nitrogens with zero attached hydrogens (tertiary/aromatic N) is 3. The van der Waals surface area contributed by atoms with E-state index in [4.69, 9.17) is 0 Å². The fraction of sp³-hybridized carbons (Fsp3) is 0.333. The molecule has 3 rings (SSSR count). The van der Waals surface area contributed by atoms with Gasteiger partial charge < -0.3 is 4.90 Å². The number of likely N-dealkylation sites (N-methyl/N-ethyl adjacent to an activating group) is 1. The van der Waals surface area contributed by atoms with Gasteiger partial charge in [0.1, 0.15) is 0 Å². The van der Waals surface area contributed by atoms with E-state index in [2.05, 4.69) is 18.0 Å². The summed E-state index contributed by atoms with van der Waals surface area (Å²) >= 11 is 1.45. The third kappa shape index (κ3) is 4.83. The molecule has 3 aromatic rings. The molecule has 0 radical (unpaired) electrons. The Labute approximate surface area is 175 Å². The van der Waals surface area contributed by atoms with Gasteiger partial charge in [0.2, 0.25) is 0 Å². The van der Waals surface area contributed by atoms with Crippen molar-refractivity contribution in [2.75, 3.05) is 38.3 Å². The van der Waals surface area contributed by atoms with Crippen LogP contribution in [0.2, 0.25) is 0 Å². The van der Waals surface area contributed by atoms with E-state index in [1.54, 1.807) is 23.1 Å². The van der Waals surface area contributed by atoms with Crippen LogP contribution >= 0.6 is 11.3 Å². The minimum absolute atomic E-state index is 0.0363. The average Bonchev–Trinajstić information content (AvgIpc) is 3.09. The van der Waals surface area contributed by atoms with Crippen LogP contribution in [-0.2, 0) is 16.3 Å². The Bertz CT molecular complexity index is 1140. The largest absolute Gasteiger partial charge is 0.308 e. The van der Waals surface area contributed by atoms with E-state index >= 15 is 0 Å². The highest BCUT2D eigenvalue weighted by Gasteiger charge is 2.26. The Morgan fingerprint density at radius 1 is 1.10 bits per heavy atom. The molecule has 0 aliphatic rings. The van der Waals surface area contributed by atoms with Gasteiger partial charge >= 0.3 is 0 Å². The number of aromatic nitrogens is 1. The van der Waals surface area contributed by atoms with E-state index in [0.29, 0.717) is 18.2 Å². The fourth-order valence-electron chi connectivity index (χ4n) is 2.99. The van der Waals surface area contributed by atoms with E-state index < -0.39 is 9.84 Å². The van der Waals surface area contributed by atoms with Gasteiger partial charge in [0.25, 0.3) is 5.91 Å². The number of benzene rings is 2. The molecule has 6 nitrogen and oxygen atoms in total. The Balaban J connectivity index is 2.08. The van der Waals surface area contributed by atoms with Crippen molar-refractivity contribution in [2.24, 2.45) is 0 Å². The van der Waals surface area contributed by atoms with Crippen molar-refractivity contribution in [1.82, 2.24) is 9.88 Å². The molecule has 0 spiro atoms. The van der Waals surface area contributed by atoms with Crippen molar-refractivity contribution in [3.63, 3.8) is 0 Å². The number of carbonyl (C=O) groups excluding carboxylic acids is 1. The summed E-state index contributed by atoms with van der Waals surface area (Å²) in [5.41, 5.74) is 2.21. The summed E-state index contributed by atoms with van der Waals surface area (Å²) < 4.78 is 25.4. The number of sulfone groups is 1. The van der Waals surface area contributed by atoms with Crippen molar-refractivity contribution in [2.45, 2.75) is 18.2 Å². The highest BCUT2D eigenvalue weighted by molar-refractivity contribution is 7.90. The molecule has 154 valence electrons. The smallest absolute Gasteiger partial charge is 0.261 e. The summed E-state index contributed by atoms with van der Waals surface area (Å²) in [4.78, 5) is 21.7. The first-order chi connectivity index (χ1) is 13.7. The lowest BCUT2D eigenvalue weighted by Gasteiger charge is -2.22. The van der Waals surface area contributed by atoms with Gasteiger partial charge in [0.15, 0.2) is 15.0 Å². The molecule has 1 aromatic heterocycles. The monoisotopic (exact) mass is 431 g/mol. The zero-order valence-corrected chi connectivity index (χ0v) is 18.7. The van der Waals surface area contributed by atoms with Crippen LogP contribution in [0.4, 0.5) is 5.13 Å². The topological polar surface area (TPSA) is 70.6 Å². The van der Waals surface area contributed by atoms with Crippen LogP contribution < -0.4 is 4.90 Å². The van der Waals surface area contributed by atoms with Crippen molar-refractivity contribution in [3.8, 4) is 0 Å². The number of thiazole rings is 1. The highest BCUT2D eigenvalue weighted by Crippen LogP contribution is 2.31. The quantitative estimate of drug-likeness (QED) is 0.573. The Morgan fingerprint density at radius 2 is 1.83 bits per heavy atom. The second-order valence-corrected chi connectivity index (χ2v) is 10.2. The lowest BCUT2D eigenvalue weighted by atomic mass is 10.2.